The van der Waals surface area contributed by atoms with Crippen LogP contribution in [0.15, 0.2) is 18.2 Å². The lowest BCUT2D eigenvalue weighted by atomic mass is 9.95. The zero-order valence-corrected chi connectivity index (χ0v) is 13.6. The molecule has 5 nitrogen and oxygen atoms in total. The standard InChI is InChI=1S/C18H25N3O2/c22-18-17-2-1-16(11-15(17)13-23-18)21-7-3-14(4-8-21)12-20-9-5-19-6-10-20/h1-2,11,14,19H,3-10,12-13H2. The van der Waals surface area contributed by atoms with Gasteiger partial charge in [0.25, 0.3) is 0 Å². The van der Waals surface area contributed by atoms with Gasteiger partial charge in [-0.15, -0.1) is 0 Å². The molecule has 2 saturated heterocycles. The Hall–Kier alpha value is -1.59. The first kappa shape index (κ1) is 15.0. The first-order valence-corrected chi connectivity index (χ1v) is 8.78. The summed E-state index contributed by atoms with van der Waals surface area (Å²) in [6.07, 6.45) is 2.52. The van der Waals surface area contributed by atoms with Gasteiger partial charge in [0.1, 0.15) is 6.61 Å². The summed E-state index contributed by atoms with van der Waals surface area (Å²) in [5.74, 6) is 0.643. The summed E-state index contributed by atoms with van der Waals surface area (Å²) in [6, 6.07) is 6.13. The molecule has 0 radical (unpaired) electrons. The number of hydrogen-bond acceptors (Lipinski definition) is 5. The highest BCUT2D eigenvalue weighted by molar-refractivity contribution is 5.93. The number of esters is 1. The summed E-state index contributed by atoms with van der Waals surface area (Å²) in [5, 5.41) is 3.42. The van der Waals surface area contributed by atoms with Crippen LogP contribution in [0.5, 0.6) is 0 Å². The van der Waals surface area contributed by atoms with E-state index >= 15 is 0 Å². The second-order valence-corrected chi connectivity index (χ2v) is 6.90. The van der Waals surface area contributed by atoms with Crippen LogP contribution in [0.3, 0.4) is 0 Å². The fourth-order valence-corrected chi connectivity index (χ4v) is 3.95. The van der Waals surface area contributed by atoms with Gasteiger partial charge in [0.2, 0.25) is 0 Å². The molecule has 0 saturated carbocycles. The summed E-state index contributed by atoms with van der Waals surface area (Å²) >= 11 is 0. The number of carbonyl (C=O) groups excluding carboxylic acids is 1. The summed E-state index contributed by atoms with van der Waals surface area (Å²) < 4.78 is 5.10. The second kappa shape index (κ2) is 6.49. The lowest BCUT2D eigenvalue weighted by molar-refractivity contribution is 0.0535. The van der Waals surface area contributed by atoms with Gasteiger partial charge in [0, 0.05) is 57.1 Å². The number of rotatable bonds is 3. The molecule has 3 heterocycles. The number of piperidine rings is 1. The van der Waals surface area contributed by atoms with Gasteiger partial charge < -0.3 is 19.9 Å². The average molecular weight is 315 g/mol. The Morgan fingerprint density at radius 1 is 1.13 bits per heavy atom. The van der Waals surface area contributed by atoms with Crippen molar-refractivity contribution in [1.29, 1.82) is 0 Å². The van der Waals surface area contributed by atoms with Crippen molar-refractivity contribution in [3.05, 3.63) is 29.3 Å². The maximum atomic E-state index is 11.5. The number of hydrogen-bond donors (Lipinski definition) is 1. The molecule has 0 atom stereocenters. The van der Waals surface area contributed by atoms with Crippen molar-refractivity contribution in [3.63, 3.8) is 0 Å². The van der Waals surface area contributed by atoms with Crippen molar-refractivity contribution in [2.45, 2.75) is 19.4 Å². The molecule has 3 aliphatic heterocycles. The predicted molar refractivity (Wildman–Crippen MR) is 89.8 cm³/mol. The van der Waals surface area contributed by atoms with Gasteiger partial charge in [0.15, 0.2) is 0 Å². The van der Waals surface area contributed by atoms with E-state index in [1.807, 2.05) is 6.07 Å². The van der Waals surface area contributed by atoms with Crippen LogP contribution >= 0.6 is 0 Å². The molecule has 0 aliphatic carbocycles. The van der Waals surface area contributed by atoms with Gasteiger partial charge in [-0.2, -0.15) is 0 Å². The minimum Gasteiger partial charge on any atom is -0.457 e. The first-order chi connectivity index (χ1) is 11.3. The number of anilines is 1. The second-order valence-electron chi connectivity index (χ2n) is 6.90. The largest absolute Gasteiger partial charge is 0.457 e. The number of carbonyl (C=O) groups is 1. The van der Waals surface area contributed by atoms with Crippen molar-refractivity contribution >= 4 is 11.7 Å². The average Bonchev–Trinajstić information content (AvgIpc) is 2.97. The van der Waals surface area contributed by atoms with Crippen LogP contribution in [0.4, 0.5) is 5.69 Å². The van der Waals surface area contributed by atoms with E-state index in [-0.39, 0.29) is 5.97 Å². The zero-order chi connectivity index (χ0) is 15.6. The zero-order valence-electron chi connectivity index (χ0n) is 13.6. The van der Waals surface area contributed by atoms with E-state index < -0.39 is 0 Å². The van der Waals surface area contributed by atoms with Gasteiger partial charge in [-0.25, -0.2) is 4.79 Å². The Morgan fingerprint density at radius 2 is 1.91 bits per heavy atom. The van der Waals surface area contributed by atoms with E-state index in [1.165, 1.54) is 38.2 Å². The highest BCUT2D eigenvalue weighted by atomic mass is 16.5. The molecular formula is C18H25N3O2. The number of benzene rings is 1. The van der Waals surface area contributed by atoms with E-state index in [0.29, 0.717) is 6.61 Å². The van der Waals surface area contributed by atoms with E-state index in [1.54, 1.807) is 0 Å². The van der Waals surface area contributed by atoms with Crippen molar-refractivity contribution in [1.82, 2.24) is 10.2 Å². The van der Waals surface area contributed by atoms with E-state index in [2.05, 4.69) is 27.2 Å². The molecular weight excluding hydrogens is 290 g/mol. The lowest BCUT2D eigenvalue weighted by Crippen LogP contribution is -2.46. The minimum absolute atomic E-state index is 0.179. The maximum Gasteiger partial charge on any atom is 0.338 e. The Labute approximate surface area is 137 Å². The Morgan fingerprint density at radius 3 is 2.70 bits per heavy atom. The molecule has 2 fully saturated rings. The molecule has 1 aromatic rings. The molecule has 0 spiro atoms. The molecule has 124 valence electrons. The van der Waals surface area contributed by atoms with Crippen molar-refractivity contribution in [2.24, 2.45) is 5.92 Å². The van der Waals surface area contributed by atoms with Gasteiger partial charge in [0.05, 0.1) is 5.56 Å². The Kier molecular flexibility index (Phi) is 4.23. The third-order valence-corrected chi connectivity index (χ3v) is 5.37. The number of nitrogens with zero attached hydrogens (tertiary/aromatic N) is 2. The molecule has 3 aliphatic rings. The fraction of sp³-hybridized carbons (Fsp3) is 0.611. The normalized spacial score (nSPS) is 23.0. The van der Waals surface area contributed by atoms with Crippen molar-refractivity contribution < 1.29 is 9.53 Å². The van der Waals surface area contributed by atoms with Crippen molar-refractivity contribution in [2.75, 3.05) is 50.7 Å². The monoisotopic (exact) mass is 315 g/mol. The van der Waals surface area contributed by atoms with Crippen LogP contribution in [0, 0.1) is 5.92 Å². The van der Waals surface area contributed by atoms with Gasteiger partial charge in [-0.05, 0) is 37.0 Å². The van der Waals surface area contributed by atoms with Gasteiger partial charge in [-0.1, -0.05) is 0 Å². The number of cyclic esters (lactones) is 1. The van der Waals surface area contributed by atoms with Crippen LogP contribution < -0.4 is 10.2 Å². The Balaban J connectivity index is 1.33. The maximum absolute atomic E-state index is 11.5. The highest BCUT2D eigenvalue weighted by Gasteiger charge is 2.25. The molecule has 0 aromatic heterocycles. The van der Waals surface area contributed by atoms with Crippen LogP contribution in [0.2, 0.25) is 0 Å². The molecule has 0 bridgehead atoms. The summed E-state index contributed by atoms with van der Waals surface area (Å²) in [5.41, 5.74) is 3.01. The molecule has 1 N–H and O–H groups in total. The van der Waals surface area contributed by atoms with Gasteiger partial charge in [-0.3, -0.25) is 0 Å². The van der Waals surface area contributed by atoms with Crippen LogP contribution in [0.1, 0.15) is 28.8 Å². The predicted octanol–water partition coefficient (Wildman–Crippen LogP) is 1.48. The molecule has 0 unspecified atom stereocenters. The van der Waals surface area contributed by atoms with Crippen LogP contribution in [-0.4, -0.2) is 56.7 Å². The molecule has 23 heavy (non-hydrogen) atoms. The molecule has 0 amide bonds. The van der Waals surface area contributed by atoms with Crippen LogP contribution in [0.25, 0.3) is 0 Å². The third-order valence-electron chi connectivity index (χ3n) is 5.37. The van der Waals surface area contributed by atoms with E-state index in [9.17, 15) is 4.79 Å². The minimum atomic E-state index is -0.179. The summed E-state index contributed by atoms with van der Waals surface area (Å²) in [7, 11) is 0. The number of fused-ring (bicyclic) bond motifs is 1. The van der Waals surface area contributed by atoms with E-state index in [4.69, 9.17) is 4.74 Å². The summed E-state index contributed by atoms with van der Waals surface area (Å²) in [4.78, 5) is 16.6. The number of piperazine rings is 1. The highest BCUT2D eigenvalue weighted by Crippen LogP contribution is 2.28. The quantitative estimate of drug-likeness (QED) is 0.856. The first-order valence-electron chi connectivity index (χ1n) is 8.78. The smallest absolute Gasteiger partial charge is 0.338 e. The number of nitrogens with one attached hydrogen (secondary N) is 1. The molecule has 5 heteroatoms. The fourth-order valence-electron chi connectivity index (χ4n) is 3.95. The Bertz CT molecular complexity index is 576. The lowest BCUT2D eigenvalue weighted by Gasteiger charge is -2.37. The van der Waals surface area contributed by atoms with Crippen molar-refractivity contribution in [3.8, 4) is 0 Å². The van der Waals surface area contributed by atoms with Crippen LogP contribution in [-0.2, 0) is 11.3 Å². The topological polar surface area (TPSA) is 44.8 Å². The molecule has 4 rings (SSSR count). The van der Waals surface area contributed by atoms with E-state index in [0.717, 1.165) is 43.2 Å². The number of ether oxygens (including phenoxy) is 1. The summed E-state index contributed by atoms with van der Waals surface area (Å²) in [6.45, 7) is 8.57. The van der Waals surface area contributed by atoms with Gasteiger partial charge >= 0.3 is 5.97 Å². The molecule has 1 aromatic carbocycles. The third kappa shape index (κ3) is 3.21. The SMILES string of the molecule is O=C1OCc2cc(N3CCC(CN4CCNCC4)CC3)ccc21.